The van der Waals surface area contributed by atoms with Crippen molar-refractivity contribution in [2.75, 3.05) is 5.32 Å². The van der Waals surface area contributed by atoms with E-state index in [0.29, 0.717) is 26.7 Å². The number of hydrogen-bond acceptors (Lipinski definition) is 4. The van der Waals surface area contributed by atoms with E-state index in [1.807, 2.05) is 17.5 Å². The summed E-state index contributed by atoms with van der Waals surface area (Å²) in [4.78, 5) is 24.6. The molecule has 4 nitrogen and oxygen atoms in total. The van der Waals surface area contributed by atoms with Crippen LogP contribution < -0.4 is 5.32 Å². The molecule has 0 aliphatic rings. The van der Waals surface area contributed by atoms with Gasteiger partial charge in [0.25, 0.3) is 5.91 Å². The van der Waals surface area contributed by atoms with E-state index in [9.17, 15) is 14.7 Å². The second-order valence-corrected chi connectivity index (χ2v) is 8.58. The number of amides is 1. The number of fused-ring (bicyclic) bond motifs is 1. The number of nitrogens with one attached hydrogen (secondary N) is 1. The molecule has 140 valence electrons. The number of hydrogen-bond donors (Lipinski definition) is 2. The summed E-state index contributed by atoms with van der Waals surface area (Å²) in [5.74, 6) is -1.52. The first kappa shape index (κ1) is 19.0. The molecule has 28 heavy (non-hydrogen) atoms. The van der Waals surface area contributed by atoms with Crippen molar-refractivity contribution in [2.24, 2.45) is 0 Å². The largest absolute Gasteiger partial charge is 0.478 e. The molecule has 8 heteroatoms. The Balaban J connectivity index is 1.70. The zero-order valence-corrected chi connectivity index (χ0v) is 17.2. The smallest absolute Gasteiger partial charge is 0.339 e. The molecule has 0 saturated heterocycles. The van der Waals surface area contributed by atoms with Crippen molar-refractivity contribution in [3.05, 3.63) is 74.4 Å². The minimum absolute atomic E-state index is 0.000756. The van der Waals surface area contributed by atoms with E-state index in [0.717, 1.165) is 21.4 Å². The van der Waals surface area contributed by atoms with E-state index in [4.69, 9.17) is 23.2 Å². The molecule has 0 aliphatic carbocycles. The van der Waals surface area contributed by atoms with Crippen molar-refractivity contribution in [1.29, 1.82) is 0 Å². The molecule has 0 radical (unpaired) electrons. The highest BCUT2D eigenvalue weighted by Gasteiger charge is 2.23. The Morgan fingerprint density at radius 1 is 0.964 bits per heavy atom. The average Bonchev–Trinajstić information content (AvgIpc) is 3.27. The van der Waals surface area contributed by atoms with Crippen LogP contribution in [0.15, 0.2) is 53.2 Å². The molecule has 0 saturated carbocycles. The molecule has 2 aromatic heterocycles. The Kier molecular flexibility index (Phi) is 5.12. The van der Waals surface area contributed by atoms with Crippen molar-refractivity contribution in [3.63, 3.8) is 0 Å². The predicted molar refractivity (Wildman–Crippen MR) is 117 cm³/mol. The van der Waals surface area contributed by atoms with E-state index >= 15 is 0 Å². The van der Waals surface area contributed by atoms with Crippen molar-refractivity contribution in [1.82, 2.24) is 0 Å². The normalized spacial score (nSPS) is 10.9. The number of carboxylic acids is 1. The second kappa shape index (κ2) is 7.56. The van der Waals surface area contributed by atoms with Crippen molar-refractivity contribution in [2.45, 2.75) is 0 Å². The van der Waals surface area contributed by atoms with Crippen LogP contribution in [0.5, 0.6) is 0 Å². The summed E-state index contributed by atoms with van der Waals surface area (Å²) in [5, 5.41) is 18.1. The van der Waals surface area contributed by atoms with Gasteiger partial charge in [-0.15, -0.1) is 22.7 Å². The molecule has 0 bridgehead atoms. The maximum atomic E-state index is 12.7. The number of aromatic carboxylic acids is 1. The molecule has 4 aromatic rings. The van der Waals surface area contributed by atoms with E-state index in [1.165, 1.54) is 0 Å². The van der Waals surface area contributed by atoms with Gasteiger partial charge in [0.1, 0.15) is 10.6 Å². The molecule has 0 spiro atoms. The molecule has 2 N–H and O–H groups in total. The fourth-order valence-electron chi connectivity index (χ4n) is 2.85. The number of carboxylic acid groups (broad SMARTS) is 1. The lowest BCUT2D eigenvalue weighted by Crippen LogP contribution is -2.13. The number of carbonyl (C=O) groups is 2. The highest BCUT2D eigenvalue weighted by molar-refractivity contribution is 7.17. The van der Waals surface area contributed by atoms with Crippen LogP contribution in [0.2, 0.25) is 10.0 Å². The van der Waals surface area contributed by atoms with Gasteiger partial charge >= 0.3 is 5.97 Å². The first-order chi connectivity index (χ1) is 13.4. The maximum absolute atomic E-state index is 12.7. The van der Waals surface area contributed by atoms with E-state index in [1.54, 1.807) is 47.0 Å². The van der Waals surface area contributed by atoms with Crippen LogP contribution in [0.3, 0.4) is 0 Å². The predicted octanol–water partition coefficient (Wildman–Crippen LogP) is 6.89. The number of carbonyl (C=O) groups excluding carboxylic acids is 1. The number of anilines is 1. The summed E-state index contributed by atoms with van der Waals surface area (Å²) in [5.41, 5.74) is 1.43. The molecular formula is C20H11Cl2NO3S2. The number of thiophene rings is 2. The SMILES string of the molecule is O=C(Nc1scc(-c2ccc(Cl)cc2Cl)c1C(=O)O)c1ccc2sccc2c1. The fourth-order valence-corrected chi connectivity index (χ4v) is 5.08. The fraction of sp³-hybridized carbons (Fsp3) is 0. The minimum atomic E-state index is -1.15. The first-order valence-corrected chi connectivity index (χ1v) is 10.5. The average molecular weight is 448 g/mol. The van der Waals surface area contributed by atoms with E-state index in [2.05, 4.69) is 5.32 Å². The lowest BCUT2D eigenvalue weighted by atomic mass is 10.0. The molecule has 0 fully saturated rings. The van der Waals surface area contributed by atoms with Gasteiger partial charge < -0.3 is 10.4 Å². The number of halogens is 2. The molecule has 4 rings (SSSR count). The Morgan fingerprint density at radius 3 is 2.54 bits per heavy atom. The van der Waals surface area contributed by atoms with E-state index in [-0.39, 0.29) is 16.5 Å². The highest BCUT2D eigenvalue weighted by Crippen LogP contribution is 2.39. The molecule has 0 unspecified atom stereocenters. The Labute approximate surface area is 178 Å². The highest BCUT2D eigenvalue weighted by atomic mass is 35.5. The summed E-state index contributed by atoms with van der Waals surface area (Å²) in [6.07, 6.45) is 0. The van der Waals surface area contributed by atoms with E-state index < -0.39 is 5.97 Å². The second-order valence-electron chi connectivity index (χ2n) is 5.91. The first-order valence-electron chi connectivity index (χ1n) is 8.03. The number of benzene rings is 2. The van der Waals surface area contributed by atoms with Crippen LogP contribution in [-0.2, 0) is 0 Å². The van der Waals surface area contributed by atoms with Crippen LogP contribution in [0.1, 0.15) is 20.7 Å². The molecule has 1 amide bonds. The third-order valence-electron chi connectivity index (χ3n) is 4.17. The summed E-state index contributed by atoms with van der Waals surface area (Å²) < 4.78 is 1.08. The topological polar surface area (TPSA) is 66.4 Å². The molecule has 2 heterocycles. The Hall–Kier alpha value is -2.38. The van der Waals surface area contributed by atoms with Crippen molar-refractivity contribution >= 4 is 72.8 Å². The van der Waals surface area contributed by atoms with Gasteiger partial charge in [-0.3, -0.25) is 4.79 Å². The molecule has 0 atom stereocenters. The van der Waals surface area contributed by atoms with Gasteiger partial charge in [-0.1, -0.05) is 29.3 Å². The van der Waals surface area contributed by atoms with Gasteiger partial charge in [-0.2, -0.15) is 0 Å². The van der Waals surface area contributed by atoms with Gasteiger partial charge in [0.15, 0.2) is 0 Å². The molecule has 0 aliphatic heterocycles. The van der Waals surface area contributed by atoms with Gasteiger partial charge in [-0.05, 0) is 47.2 Å². The summed E-state index contributed by atoms with van der Waals surface area (Å²) in [7, 11) is 0. The summed E-state index contributed by atoms with van der Waals surface area (Å²) in [6, 6.07) is 12.2. The van der Waals surface area contributed by atoms with Crippen LogP contribution in [-0.4, -0.2) is 17.0 Å². The van der Waals surface area contributed by atoms with Crippen molar-refractivity contribution in [3.8, 4) is 11.1 Å². The zero-order chi connectivity index (χ0) is 19.8. The Bertz CT molecular complexity index is 1230. The van der Waals surface area contributed by atoms with Crippen molar-refractivity contribution < 1.29 is 14.7 Å². The lowest BCUT2D eigenvalue weighted by Gasteiger charge is -2.08. The van der Waals surface area contributed by atoms with Crippen LogP contribution >= 0.6 is 45.9 Å². The Morgan fingerprint density at radius 2 is 1.79 bits per heavy atom. The lowest BCUT2D eigenvalue weighted by molar-refractivity contribution is 0.0699. The monoisotopic (exact) mass is 447 g/mol. The zero-order valence-electron chi connectivity index (χ0n) is 14.0. The van der Waals surface area contributed by atoms with Gasteiger partial charge in [0.2, 0.25) is 0 Å². The maximum Gasteiger partial charge on any atom is 0.339 e. The quantitative estimate of drug-likeness (QED) is 0.357. The van der Waals surface area contributed by atoms with Gasteiger partial charge in [0.05, 0.1) is 0 Å². The third-order valence-corrected chi connectivity index (χ3v) is 6.51. The molecular weight excluding hydrogens is 437 g/mol. The number of rotatable bonds is 4. The van der Waals surface area contributed by atoms with Crippen LogP contribution in [0, 0.1) is 0 Å². The summed E-state index contributed by atoms with van der Waals surface area (Å²) in [6.45, 7) is 0. The third kappa shape index (κ3) is 3.52. The molecule has 2 aromatic carbocycles. The van der Waals surface area contributed by atoms with Gasteiger partial charge in [-0.25, -0.2) is 4.79 Å². The minimum Gasteiger partial charge on any atom is -0.478 e. The van der Waals surface area contributed by atoms with Crippen LogP contribution in [0.25, 0.3) is 21.2 Å². The standard InChI is InChI=1S/C20H11Cl2NO3S2/c21-12-2-3-13(15(22)8-12)14-9-28-19(17(14)20(25)26)23-18(24)11-1-4-16-10(7-11)5-6-27-16/h1-9H,(H,23,24)(H,25,26). The summed E-state index contributed by atoms with van der Waals surface area (Å²) >= 11 is 14.9. The van der Waals surface area contributed by atoms with Gasteiger partial charge in [0, 0.05) is 36.8 Å². The van der Waals surface area contributed by atoms with Crippen LogP contribution in [0.4, 0.5) is 5.00 Å².